The molecule has 0 spiro atoms. The zero-order valence-corrected chi connectivity index (χ0v) is 19.8. The second-order valence-electron chi connectivity index (χ2n) is 9.79. The maximum atomic E-state index is 13.2. The summed E-state index contributed by atoms with van der Waals surface area (Å²) >= 11 is 0. The van der Waals surface area contributed by atoms with E-state index in [1.165, 1.54) is 12.1 Å². The SMILES string of the molecule is CC1OCC(=O)C1(C)NC(=O)C(Cc1ccc(O)cc1)NC(=O)c1ccc(C(C)(C)C)cc1. The summed E-state index contributed by atoms with van der Waals surface area (Å²) in [6.07, 6.45) is -0.291. The lowest BCUT2D eigenvalue weighted by atomic mass is 9.86. The van der Waals surface area contributed by atoms with Gasteiger partial charge in [-0.1, -0.05) is 45.0 Å². The van der Waals surface area contributed by atoms with E-state index in [4.69, 9.17) is 4.74 Å². The maximum Gasteiger partial charge on any atom is 0.251 e. The van der Waals surface area contributed by atoms with Gasteiger partial charge in [-0.2, -0.15) is 0 Å². The third kappa shape index (κ3) is 5.60. The fourth-order valence-corrected chi connectivity index (χ4v) is 3.70. The zero-order valence-electron chi connectivity index (χ0n) is 19.8. The van der Waals surface area contributed by atoms with Crippen LogP contribution in [-0.4, -0.2) is 47.0 Å². The molecule has 1 fully saturated rings. The molecule has 1 aliphatic heterocycles. The lowest BCUT2D eigenvalue weighted by Gasteiger charge is -2.30. The summed E-state index contributed by atoms with van der Waals surface area (Å²) in [6, 6.07) is 12.8. The van der Waals surface area contributed by atoms with Crippen LogP contribution in [0.1, 0.15) is 56.1 Å². The zero-order chi connectivity index (χ0) is 24.4. The highest BCUT2D eigenvalue weighted by Crippen LogP contribution is 2.24. The summed E-state index contributed by atoms with van der Waals surface area (Å²) in [5.74, 6) is -0.967. The van der Waals surface area contributed by atoms with E-state index in [0.717, 1.165) is 11.1 Å². The molecule has 0 bridgehead atoms. The van der Waals surface area contributed by atoms with E-state index in [1.54, 1.807) is 38.1 Å². The Morgan fingerprint density at radius 2 is 1.73 bits per heavy atom. The van der Waals surface area contributed by atoms with Crippen LogP contribution in [-0.2, 0) is 26.2 Å². The number of phenolic OH excluding ortho intramolecular Hbond substituents is 1. The summed E-state index contributed by atoms with van der Waals surface area (Å²) in [5, 5.41) is 15.2. The number of amides is 2. The molecule has 0 aromatic heterocycles. The molecule has 3 unspecified atom stereocenters. The van der Waals surface area contributed by atoms with Gasteiger partial charge in [-0.3, -0.25) is 14.4 Å². The van der Waals surface area contributed by atoms with Crippen molar-refractivity contribution < 1.29 is 24.2 Å². The molecule has 0 saturated carbocycles. The first-order chi connectivity index (χ1) is 15.4. The van der Waals surface area contributed by atoms with Crippen LogP contribution in [0.25, 0.3) is 0 Å². The summed E-state index contributed by atoms with van der Waals surface area (Å²) in [5.41, 5.74) is 1.08. The predicted octanol–water partition coefficient (Wildman–Crippen LogP) is 2.89. The number of nitrogens with one attached hydrogen (secondary N) is 2. The van der Waals surface area contributed by atoms with Crippen LogP contribution >= 0.6 is 0 Å². The van der Waals surface area contributed by atoms with Gasteiger partial charge in [0.15, 0.2) is 5.78 Å². The van der Waals surface area contributed by atoms with Gasteiger partial charge in [0, 0.05) is 12.0 Å². The number of aromatic hydroxyl groups is 1. The number of benzene rings is 2. The summed E-state index contributed by atoms with van der Waals surface area (Å²) in [7, 11) is 0. The molecule has 33 heavy (non-hydrogen) atoms. The molecule has 0 aliphatic carbocycles. The maximum absolute atomic E-state index is 13.2. The number of carbonyl (C=O) groups excluding carboxylic acids is 3. The van der Waals surface area contributed by atoms with E-state index < -0.39 is 23.6 Å². The number of ketones is 1. The first kappa shape index (κ1) is 24.5. The minimum absolute atomic E-state index is 0.0433. The Balaban J connectivity index is 1.82. The highest BCUT2D eigenvalue weighted by molar-refractivity contribution is 6.00. The second kappa shape index (κ2) is 9.35. The lowest BCUT2D eigenvalue weighted by molar-refractivity contribution is -0.130. The van der Waals surface area contributed by atoms with Crippen LogP contribution in [0.15, 0.2) is 48.5 Å². The summed E-state index contributed by atoms with van der Waals surface area (Å²) in [6.45, 7) is 9.58. The van der Waals surface area contributed by atoms with Gasteiger partial charge in [-0.25, -0.2) is 0 Å². The van der Waals surface area contributed by atoms with Gasteiger partial charge >= 0.3 is 0 Å². The van der Waals surface area contributed by atoms with Gasteiger partial charge in [-0.05, 0) is 54.7 Å². The molecule has 1 heterocycles. The van der Waals surface area contributed by atoms with Crippen LogP contribution < -0.4 is 10.6 Å². The fourth-order valence-electron chi connectivity index (χ4n) is 3.70. The number of carbonyl (C=O) groups is 3. The van der Waals surface area contributed by atoms with Crippen molar-refractivity contribution in [2.75, 3.05) is 6.61 Å². The predicted molar refractivity (Wildman–Crippen MR) is 125 cm³/mol. The fraction of sp³-hybridized carbons (Fsp3) is 0.423. The number of hydrogen-bond donors (Lipinski definition) is 3. The van der Waals surface area contributed by atoms with Crippen LogP contribution in [0.2, 0.25) is 0 Å². The quantitative estimate of drug-likeness (QED) is 0.625. The minimum atomic E-state index is -1.16. The molecule has 3 rings (SSSR count). The molecular weight excluding hydrogens is 420 g/mol. The van der Waals surface area contributed by atoms with Crippen LogP contribution in [0.5, 0.6) is 5.75 Å². The normalized spacial score (nSPS) is 21.5. The molecule has 176 valence electrons. The summed E-state index contributed by atoms with van der Waals surface area (Å²) < 4.78 is 5.40. The highest BCUT2D eigenvalue weighted by atomic mass is 16.5. The molecule has 1 saturated heterocycles. The Morgan fingerprint density at radius 3 is 2.24 bits per heavy atom. The second-order valence-corrected chi connectivity index (χ2v) is 9.79. The smallest absolute Gasteiger partial charge is 0.251 e. The Kier molecular flexibility index (Phi) is 6.93. The van der Waals surface area contributed by atoms with Crippen molar-refractivity contribution in [3.8, 4) is 5.75 Å². The van der Waals surface area contributed by atoms with Crippen LogP contribution in [0.3, 0.4) is 0 Å². The van der Waals surface area contributed by atoms with Crippen molar-refractivity contribution in [2.45, 2.75) is 64.1 Å². The van der Waals surface area contributed by atoms with Crippen LogP contribution in [0, 0.1) is 0 Å². The van der Waals surface area contributed by atoms with Gasteiger partial charge in [-0.15, -0.1) is 0 Å². The third-order valence-electron chi connectivity index (χ3n) is 6.25. The topological polar surface area (TPSA) is 105 Å². The lowest BCUT2D eigenvalue weighted by Crippen LogP contribution is -2.60. The number of hydrogen-bond acceptors (Lipinski definition) is 5. The van der Waals surface area contributed by atoms with E-state index >= 15 is 0 Å². The monoisotopic (exact) mass is 452 g/mol. The Hall–Kier alpha value is -3.19. The Morgan fingerprint density at radius 1 is 1.12 bits per heavy atom. The minimum Gasteiger partial charge on any atom is -0.508 e. The molecule has 3 N–H and O–H groups in total. The molecule has 2 aromatic rings. The molecule has 7 nitrogen and oxygen atoms in total. The van der Waals surface area contributed by atoms with Crippen molar-refractivity contribution in [2.24, 2.45) is 0 Å². The molecule has 2 amide bonds. The molecule has 3 atom stereocenters. The van der Waals surface area contributed by atoms with Crippen molar-refractivity contribution in [1.82, 2.24) is 10.6 Å². The van der Waals surface area contributed by atoms with Gasteiger partial charge in [0.2, 0.25) is 5.91 Å². The molecule has 0 radical (unpaired) electrons. The average molecular weight is 453 g/mol. The van der Waals surface area contributed by atoms with Gasteiger partial charge in [0.25, 0.3) is 5.91 Å². The number of phenols is 1. The van der Waals surface area contributed by atoms with E-state index in [0.29, 0.717) is 5.56 Å². The van der Waals surface area contributed by atoms with Gasteiger partial charge in [0.05, 0.1) is 6.10 Å². The van der Waals surface area contributed by atoms with Crippen molar-refractivity contribution in [1.29, 1.82) is 0 Å². The number of ether oxygens (including phenoxy) is 1. The van der Waals surface area contributed by atoms with Gasteiger partial charge < -0.3 is 20.5 Å². The molecule has 1 aliphatic rings. The highest BCUT2D eigenvalue weighted by Gasteiger charge is 2.47. The van der Waals surface area contributed by atoms with Crippen LogP contribution in [0.4, 0.5) is 0 Å². The third-order valence-corrected chi connectivity index (χ3v) is 6.25. The van der Waals surface area contributed by atoms with E-state index in [1.807, 2.05) is 12.1 Å². The first-order valence-electron chi connectivity index (χ1n) is 11.1. The largest absolute Gasteiger partial charge is 0.508 e. The van der Waals surface area contributed by atoms with Gasteiger partial charge in [0.1, 0.15) is 23.9 Å². The average Bonchev–Trinajstić information content (AvgIpc) is 3.01. The van der Waals surface area contributed by atoms with Crippen molar-refractivity contribution >= 4 is 17.6 Å². The van der Waals surface area contributed by atoms with E-state index in [2.05, 4.69) is 31.4 Å². The Labute approximate surface area is 194 Å². The Bertz CT molecular complexity index is 1020. The standard InChI is InChI=1S/C26H32N2O5/c1-16-26(5,22(30)15-33-16)28-24(32)21(14-17-6-12-20(29)13-7-17)27-23(31)18-8-10-19(11-9-18)25(2,3)4/h6-13,16,21,29H,14-15H2,1-5H3,(H,27,31)(H,28,32). The van der Waals surface area contributed by atoms with E-state index in [9.17, 15) is 19.5 Å². The number of rotatable bonds is 6. The molecule has 7 heteroatoms. The van der Waals surface area contributed by atoms with E-state index in [-0.39, 0.29) is 35.9 Å². The molecule has 2 aromatic carbocycles. The van der Waals surface area contributed by atoms with Crippen molar-refractivity contribution in [3.05, 3.63) is 65.2 Å². The summed E-state index contributed by atoms with van der Waals surface area (Å²) in [4.78, 5) is 38.6. The molecular formula is C26H32N2O5. The first-order valence-corrected chi connectivity index (χ1v) is 11.1. The van der Waals surface area contributed by atoms with Crippen molar-refractivity contribution in [3.63, 3.8) is 0 Å². The number of Topliss-reactive ketones (excluding diaryl/α,β-unsaturated/α-hetero) is 1.